The second kappa shape index (κ2) is 4.49. The van der Waals surface area contributed by atoms with Crippen LogP contribution in [-0.2, 0) is 14.8 Å². The van der Waals surface area contributed by atoms with Gasteiger partial charge in [0.1, 0.15) is 0 Å². The van der Waals surface area contributed by atoms with Crippen LogP contribution in [0.2, 0.25) is 0 Å². The van der Waals surface area contributed by atoms with Crippen LogP contribution in [0.25, 0.3) is 0 Å². The van der Waals surface area contributed by atoms with Gasteiger partial charge in [0.2, 0.25) is 15.9 Å². The second-order valence-corrected chi connectivity index (χ2v) is 6.25. The summed E-state index contributed by atoms with van der Waals surface area (Å²) in [7, 11) is -1.52. The Morgan fingerprint density at radius 3 is 2.53 bits per heavy atom. The van der Waals surface area contributed by atoms with E-state index in [9.17, 15) is 13.2 Å². The molecule has 0 radical (unpaired) electrons. The van der Waals surface area contributed by atoms with Gasteiger partial charge in [0, 0.05) is 33.6 Å². The zero-order valence-corrected chi connectivity index (χ0v) is 10.2. The van der Waals surface area contributed by atoms with Gasteiger partial charge in [0.25, 0.3) is 0 Å². The molecule has 6 heteroatoms. The highest BCUT2D eigenvalue weighted by molar-refractivity contribution is 7.88. The van der Waals surface area contributed by atoms with Crippen LogP contribution in [0.1, 0.15) is 13.3 Å². The van der Waals surface area contributed by atoms with Crippen LogP contribution in [-0.4, -0.2) is 56.5 Å². The summed E-state index contributed by atoms with van der Waals surface area (Å²) in [5, 5.41) is 0. The fourth-order valence-corrected chi connectivity index (χ4v) is 2.25. The van der Waals surface area contributed by atoms with E-state index < -0.39 is 10.0 Å². The molecule has 0 aromatic carbocycles. The largest absolute Gasteiger partial charge is 0.343 e. The molecule has 0 aliphatic carbocycles. The molecule has 5 nitrogen and oxygen atoms in total. The lowest BCUT2D eigenvalue weighted by Crippen LogP contribution is -2.33. The molecule has 1 amide bonds. The Balaban J connectivity index is 2.46. The third-order valence-corrected chi connectivity index (χ3v) is 4.09. The highest BCUT2D eigenvalue weighted by Gasteiger charge is 2.26. The van der Waals surface area contributed by atoms with E-state index in [1.165, 1.54) is 10.6 Å². The molecule has 0 aromatic rings. The van der Waals surface area contributed by atoms with Gasteiger partial charge in [0.15, 0.2) is 0 Å². The van der Waals surface area contributed by atoms with Crippen LogP contribution in [0.15, 0.2) is 0 Å². The van der Waals surface area contributed by atoms with Crippen LogP contribution in [0.3, 0.4) is 0 Å². The molecule has 0 bridgehead atoms. The molecule has 0 saturated carbocycles. The summed E-state index contributed by atoms with van der Waals surface area (Å²) in [6, 6.07) is 0. The first-order valence-corrected chi connectivity index (χ1v) is 6.82. The average Bonchev–Trinajstić information content (AvgIpc) is 2.50. The highest BCUT2D eigenvalue weighted by Crippen LogP contribution is 2.17. The lowest BCUT2D eigenvalue weighted by molar-refractivity contribution is -0.127. The van der Waals surface area contributed by atoms with E-state index >= 15 is 0 Å². The van der Waals surface area contributed by atoms with E-state index in [1.54, 1.807) is 18.9 Å². The predicted molar refractivity (Wildman–Crippen MR) is 57.8 cm³/mol. The number of likely N-dealkylation sites (tertiary alicyclic amines) is 1. The maximum Gasteiger partial charge on any atom is 0.219 e. The number of amides is 1. The highest BCUT2D eigenvalue weighted by atomic mass is 32.2. The first kappa shape index (κ1) is 12.4. The molecule has 1 heterocycles. The number of hydrogen-bond acceptors (Lipinski definition) is 3. The van der Waals surface area contributed by atoms with Gasteiger partial charge >= 0.3 is 0 Å². The van der Waals surface area contributed by atoms with Gasteiger partial charge in [-0.3, -0.25) is 4.79 Å². The Morgan fingerprint density at radius 2 is 2.13 bits per heavy atom. The fourth-order valence-electron chi connectivity index (χ4n) is 1.77. The number of sulfonamides is 1. The molecule has 1 rings (SSSR count). The van der Waals surface area contributed by atoms with Crippen molar-refractivity contribution >= 4 is 15.9 Å². The summed E-state index contributed by atoms with van der Waals surface area (Å²) >= 11 is 0. The summed E-state index contributed by atoms with van der Waals surface area (Å²) in [5.74, 6) is 0.341. The van der Waals surface area contributed by atoms with Gasteiger partial charge in [-0.15, -0.1) is 0 Å². The van der Waals surface area contributed by atoms with Crippen molar-refractivity contribution in [3.05, 3.63) is 0 Å². The molecule has 1 fully saturated rings. The standard InChI is InChI=1S/C9H18N2O3S/c1-8(12)11-5-4-9(7-11)6-10(2)15(3,13)14/h9H,4-7H2,1-3H3/t9-/m1/s1. The second-order valence-electron chi connectivity index (χ2n) is 4.16. The topological polar surface area (TPSA) is 57.7 Å². The Morgan fingerprint density at radius 1 is 1.53 bits per heavy atom. The average molecular weight is 234 g/mol. The minimum Gasteiger partial charge on any atom is -0.343 e. The quantitative estimate of drug-likeness (QED) is 0.676. The molecule has 0 spiro atoms. The van der Waals surface area contributed by atoms with Gasteiger partial charge < -0.3 is 4.90 Å². The molecule has 1 aliphatic heterocycles. The first-order chi connectivity index (χ1) is 6.80. The molecule has 1 aliphatic rings. The molecule has 1 saturated heterocycles. The van der Waals surface area contributed by atoms with E-state index in [0.29, 0.717) is 13.1 Å². The maximum atomic E-state index is 11.2. The Hall–Kier alpha value is -0.620. The van der Waals surface area contributed by atoms with Gasteiger partial charge in [0.05, 0.1) is 6.26 Å². The Labute approximate surface area is 91.1 Å². The van der Waals surface area contributed by atoms with Crippen LogP contribution < -0.4 is 0 Å². The number of nitrogens with zero attached hydrogens (tertiary/aromatic N) is 2. The van der Waals surface area contributed by atoms with Crippen molar-refractivity contribution in [3.8, 4) is 0 Å². The number of carbonyl (C=O) groups is 1. The van der Waals surface area contributed by atoms with Crippen molar-refractivity contribution in [1.82, 2.24) is 9.21 Å². The van der Waals surface area contributed by atoms with Crippen molar-refractivity contribution in [2.45, 2.75) is 13.3 Å². The molecule has 88 valence electrons. The van der Waals surface area contributed by atoms with Crippen molar-refractivity contribution < 1.29 is 13.2 Å². The summed E-state index contributed by atoms with van der Waals surface area (Å²) in [6.07, 6.45) is 2.09. The summed E-state index contributed by atoms with van der Waals surface area (Å²) in [5.41, 5.74) is 0. The first-order valence-electron chi connectivity index (χ1n) is 4.97. The van der Waals surface area contributed by atoms with E-state index in [2.05, 4.69) is 0 Å². The summed E-state index contributed by atoms with van der Waals surface area (Å²) in [6.45, 7) is 3.47. The third-order valence-electron chi connectivity index (χ3n) is 2.81. The van der Waals surface area contributed by atoms with Crippen LogP contribution in [0.4, 0.5) is 0 Å². The van der Waals surface area contributed by atoms with Gasteiger partial charge in [-0.25, -0.2) is 12.7 Å². The lowest BCUT2D eigenvalue weighted by Gasteiger charge is -2.19. The SMILES string of the molecule is CC(=O)N1CC[C@H](CN(C)S(C)(=O)=O)C1. The van der Waals surface area contributed by atoms with Crippen molar-refractivity contribution in [1.29, 1.82) is 0 Å². The lowest BCUT2D eigenvalue weighted by atomic mass is 10.1. The van der Waals surface area contributed by atoms with E-state index in [0.717, 1.165) is 13.0 Å². The summed E-state index contributed by atoms with van der Waals surface area (Å²) < 4.78 is 23.7. The predicted octanol–water partition coefficient (Wildman–Crippen LogP) is -0.254. The van der Waals surface area contributed by atoms with Crippen molar-refractivity contribution in [3.63, 3.8) is 0 Å². The number of rotatable bonds is 3. The molecule has 15 heavy (non-hydrogen) atoms. The number of hydrogen-bond donors (Lipinski definition) is 0. The zero-order valence-electron chi connectivity index (χ0n) is 9.43. The number of carbonyl (C=O) groups excluding carboxylic acids is 1. The van der Waals surface area contributed by atoms with Crippen molar-refractivity contribution in [2.75, 3.05) is 32.9 Å². The zero-order chi connectivity index (χ0) is 11.6. The fraction of sp³-hybridized carbons (Fsp3) is 0.889. The smallest absolute Gasteiger partial charge is 0.219 e. The van der Waals surface area contributed by atoms with Crippen LogP contribution >= 0.6 is 0 Å². The van der Waals surface area contributed by atoms with Crippen LogP contribution in [0.5, 0.6) is 0 Å². The summed E-state index contributed by atoms with van der Waals surface area (Å²) in [4.78, 5) is 12.8. The van der Waals surface area contributed by atoms with Gasteiger partial charge in [-0.1, -0.05) is 0 Å². The normalized spacial score (nSPS) is 22.4. The van der Waals surface area contributed by atoms with Gasteiger partial charge in [-0.05, 0) is 12.3 Å². The minimum atomic E-state index is -3.10. The molecule has 0 N–H and O–H groups in total. The molecule has 0 unspecified atom stereocenters. The van der Waals surface area contributed by atoms with E-state index in [1.807, 2.05) is 0 Å². The van der Waals surface area contributed by atoms with Crippen molar-refractivity contribution in [2.24, 2.45) is 5.92 Å². The third kappa shape index (κ3) is 3.46. The van der Waals surface area contributed by atoms with E-state index in [4.69, 9.17) is 0 Å². The van der Waals surface area contributed by atoms with E-state index in [-0.39, 0.29) is 11.8 Å². The van der Waals surface area contributed by atoms with Gasteiger partial charge in [-0.2, -0.15) is 0 Å². The molecule has 1 atom stereocenters. The molecular formula is C9H18N2O3S. The Kier molecular flexibility index (Phi) is 3.72. The monoisotopic (exact) mass is 234 g/mol. The Bertz CT molecular complexity index is 339. The molecular weight excluding hydrogens is 216 g/mol. The minimum absolute atomic E-state index is 0.0690. The molecule has 0 aromatic heterocycles. The maximum absolute atomic E-state index is 11.2. The van der Waals surface area contributed by atoms with Crippen LogP contribution in [0, 0.1) is 5.92 Å².